The molecule has 0 aromatic heterocycles. The highest BCUT2D eigenvalue weighted by atomic mass is 16.3. The average molecular weight is 206 g/mol. The minimum Gasteiger partial charge on any atom is -0.395 e. The zero-order valence-corrected chi connectivity index (χ0v) is 8.54. The van der Waals surface area contributed by atoms with Crippen LogP contribution in [0.3, 0.4) is 0 Å². The third kappa shape index (κ3) is 22.4. The molecule has 0 spiro atoms. The van der Waals surface area contributed by atoms with Crippen molar-refractivity contribution in [2.24, 2.45) is 0 Å². The molecule has 0 saturated carbocycles. The van der Waals surface area contributed by atoms with Gasteiger partial charge in [-0.05, 0) is 0 Å². The average Bonchev–Trinajstić information content (AvgIpc) is 2.12. The van der Waals surface area contributed by atoms with Gasteiger partial charge in [-0.2, -0.15) is 0 Å². The van der Waals surface area contributed by atoms with E-state index in [4.69, 9.17) is 10.2 Å². The maximum absolute atomic E-state index is 9.98. The number of nitrogens with one attached hydrogen (secondary N) is 2. The van der Waals surface area contributed by atoms with Gasteiger partial charge in [0.05, 0.1) is 13.2 Å². The second kappa shape index (κ2) is 11.9. The number of carbonyl (C=O) groups is 2. The molecule has 2 amide bonds. The molecule has 0 rings (SSSR count). The van der Waals surface area contributed by atoms with E-state index in [-0.39, 0.29) is 25.0 Å². The zero-order valence-electron chi connectivity index (χ0n) is 8.54. The molecule has 4 N–H and O–H groups in total. The normalized spacial score (nSPS) is 8.29. The molecule has 0 saturated heterocycles. The van der Waals surface area contributed by atoms with Gasteiger partial charge < -0.3 is 20.8 Å². The molecule has 0 radical (unpaired) electrons. The van der Waals surface area contributed by atoms with Crippen molar-refractivity contribution >= 4 is 11.8 Å². The number of hydrogen-bond acceptors (Lipinski definition) is 4. The van der Waals surface area contributed by atoms with Crippen molar-refractivity contribution in [1.82, 2.24) is 10.6 Å². The fraction of sp³-hybridized carbons (Fsp3) is 0.750. The molecule has 0 heterocycles. The van der Waals surface area contributed by atoms with Gasteiger partial charge in [-0.25, -0.2) is 0 Å². The molecule has 0 aromatic rings. The summed E-state index contributed by atoms with van der Waals surface area (Å²) in [4.78, 5) is 20.0. The Bertz CT molecular complexity index is 143. The summed E-state index contributed by atoms with van der Waals surface area (Å²) >= 11 is 0. The van der Waals surface area contributed by atoms with Crippen molar-refractivity contribution in [1.29, 1.82) is 0 Å². The fourth-order valence-electron chi connectivity index (χ4n) is 0.464. The highest BCUT2D eigenvalue weighted by Crippen LogP contribution is 1.57. The molecular weight excluding hydrogens is 188 g/mol. The van der Waals surface area contributed by atoms with Crippen molar-refractivity contribution in [3.8, 4) is 0 Å². The lowest BCUT2D eigenvalue weighted by molar-refractivity contribution is -0.119. The van der Waals surface area contributed by atoms with Gasteiger partial charge in [0, 0.05) is 26.9 Å². The lowest BCUT2D eigenvalue weighted by Gasteiger charge is -1.93. The SMILES string of the molecule is CC(=O)NCCO.CC(=O)NCCO. The van der Waals surface area contributed by atoms with E-state index in [0.717, 1.165) is 0 Å². The maximum atomic E-state index is 9.98. The first-order chi connectivity index (χ1) is 6.54. The van der Waals surface area contributed by atoms with Crippen LogP contribution < -0.4 is 10.6 Å². The Morgan fingerprint density at radius 3 is 1.29 bits per heavy atom. The van der Waals surface area contributed by atoms with Crippen LogP contribution in [0, 0.1) is 0 Å². The van der Waals surface area contributed by atoms with Gasteiger partial charge in [-0.1, -0.05) is 0 Å². The predicted molar refractivity (Wildman–Crippen MR) is 51.5 cm³/mol. The van der Waals surface area contributed by atoms with Gasteiger partial charge in [-0.15, -0.1) is 0 Å². The van der Waals surface area contributed by atoms with Crippen LogP contribution in [0.15, 0.2) is 0 Å². The molecule has 0 aliphatic carbocycles. The summed E-state index contributed by atoms with van der Waals surface area (Å²) in [5.74, 6) is -0.205. The number of rotatable bonds is 4. The molecule has 0 unspecified atom stereocenters. The van der Waals surface area contributed by atoms with Gasteiger partial charge >= 0.3 is 0 Å². The summed E-state index contributed by atoms with van der Waals surface area (Å²) in [6, 6.07) is 0. The first kappa shape index (κ1) is 15.3. The van der Waals surface area contributed by atoms with Crippen molar-refractivity contribution in [2.75, 3.05) is 26.3 Å². The number of amides is 2. The molecule has 14 heavy (non-hydrogen) atoms. The van der Waals surface area contributed by atoms with Crippen LogP contribution in [0.4, 0.5) is 0 Å². The Balaban J connectivity index is 0. The van der Waals surface area contributed by atoms with E-state index in [9.17, 15) is 9.59 Å². The quantitative estimate of drug-likeness (QED) is 0.437. The molecule has 0 bridgehead atoms. The number of aliphatic hydroxyl groups excluding tert-OH is 2. The Labute approximate surface area is 83.3 Å². The lowest BCUT2D eigenvalue weighted by atomic mass is 10.6. The van der Waals surface area contributed by atoms with E-state index in [1.807, 2.05) is 0 Å². The summed E-state index contributed by atoms with van der Waals surface area (Å²) in [6.07, 6.45) is 0. The molecular formula is C8H18N2O4. The summed E-state index contributed by atoms with van der Waals surface area (Å²) in [5, 5.41) is 21.0. The second-order valence-electron chi connectivity index (χ2n) is 2.41. The third-order valence-electron chi connectivity index (χ3n) is 0.971. The minimum absolute atomic E-state index is 0.0135. The number of hydrogen-bond donors (Lipinski definition) is 4. The third-order valence-corrected chi connectivity index (χ3v) is 0.971. The van der Waals surface area contributed by atoms with E-state index in [1.54, 1.807) is 0 Å². The van der Waals surface area contributed by atoms with Crippen LogP contribution in [0.5, 0.6) is 0 Å². The smallest absolute Gasteiger partial charge is 0.216 e. The zero-order chi connectivity index (χ0) is 11.4. The molecule has 0 atom stereocenters. The van der Waals surface area contributed by atoms with Crippen LogP contribution in [0.25, 0.3) is 0 Å². The topological polar surface area (TPSA) is 98.7 Å². The second-order valence-corrected chi connectivity index (χ2v) is 2.41. The van der Waals surface area contributed by atoms with Crippen molar-refractivity contribution in [3.63, 3.8) is 0 Å². The van der Waals surface area contributed by atoms with E-state index >= 15 is 0 Å². The first-order valence-electron chi connectivity index (χ1n) is 4.25. The first-order valence-corrected chi connectivity index (χ1v) is 4.25. The van der Waals surface area contributed by atoms with Gasteiger partial charge in [0.2, 0.25) is 11.8 Å². The van der Waals surface area contributed by atoms with Gasteiger partial charge in [0.15, 0.2) is 0 Å². The van der Waals surface area contributed by atoms with Gasteiger partial charge in [-0.3, -0.25) is 9.59 Å². The van der Waals surface area contributed by atoms with E-state index < -0.39 is 0 Å². The molecule has 0 aromatic carbocycles. The minimum atomic E-state index is -0.103. The van der Waals surface area contributed by atoms with Crippen molar-refractivity contribution in [3.05, 3.63) is 0 Å². The molecule has 6 heteroatoms. The summed E-state index contributed by atoms with van der Waals surface area (Å²) in [5.41, 5.74) is 0. The Morgan fingerprint density at radius 1 is 0.929 bits per heavy atom. The fourth-order valence-corrected chi connectivity index (χ4v) is 0.464. The Hall–Kier alpha value is -1.14. The standard InChI is InChI=1S/2C4H9NO2/c2*1-4(7)5-2-3-6/h2*6H,2-3H2,1H3,(H,5,7). The van der Waals surface area contributed by atoms with Crippen LogP contribution in [-0.2, 0) is 9.59 Å². The Kier molecular flexibility index (Phi) is 13.0. The maximum Gasteiger partial charge on any atom is 0.216 e. The molecule has 0 aliphatic heterocycles. The van der Waals surface area contributed by atoms with Gasteiger partial charge in [0.1, 0.15) is 0 Å². The van der Waals surface area contributed by atoms with Crippen LogP contribution in [-0.4, -0.2) is 48.3 Å². The van der Waals surface area contributed by atoms with E-state index in [0.29, 0.717) is 13.1 Å². The summed E-state index contributed by atoms with van der Waals surface area (Å²) < 4.78 is 0. The number of aliphatic hydroxyl groups is 2. The van der Waals surface area contributed by atoms with Crippen molar-refractivity contribution < 1.29 is 19.8 Å². The monoisotopic (exact) mass is 206 g/mol. The van der Waals surface area contributed by atoms with E-state index in [2.05, 4.69) is 10.6 Å². The largest absolute Gasteiger partial charge is 0.395 e. The van der Waals surface area contributed by atoms with Crippen LogP contribution >= 0.6 is 0 Å². The molecule has 84 valence electrons. The molecule has 6 nitrogen and oxygen atoms in total. The summed E-state index contributed by atoms with van der Waals surface area (Å²) in [7, 11) is 0. The Morgan fingerprint density at radius 2 is 1.21 bits per heavy atom. The summed E-state index contributed by atoms with van der Waals surface area (Å²) in [6.45, 7) is 3.56. The van der Waals surface area contributed by atoms with Crippen LogP contribution in [0.2, 0.25) is 0 Å². The lowest BCUT2D eigenvalue weighted by Crippen LogP contribution is -2.22. The highest BCUT2D eigenvalue weighted by molar-refractivity contribution is 5.72. The van der Waals surface area contributed by atoms with Crippen LogP contribution in [0.1, 0.15) is 13.8 Å². The molecule has 0 aliphatic rings. The predicted octanol–water partition coefficient (Wildman–Crippen LogP) is -1.77. The van der Waals surface area contributed by atoms with Gasteiger partial charge in [0.25, 0.3) is 0 Å². The van der Waals surface area contributed by atoms with E-state index in [1.165, 1.54) is 13.8 Å². The highest BCUT2D eigenvalue weighted by Gasteiger charge is 1.84. The van der Waals surface area contributed by atoms with Crippen molar-refractivity contribution in [2.45, 2.75) is 13.8 Å². The molecule has 0 fully saturated rings. The number of carbonyl (C=O) groups excluding carboxylic acids is 2.